The van der Waals surface area contributed by atoms with E-state index in [-0.39, 0.29) is 17.9 Å². The van der Waals surface area contributed by atoms with Gasteiger partial charge in [-0.15, -0.1) is 0 Å². The van der Waals surface area contributed by atoms with Gasteiger partial charge in [0.1, 0.15) is 5.82 Å². The fraction of sp³-hybridized carbons (Fsp3) is 0.636. The van der Waals surface area contributed by atoms with Crippen molar-refractivity contribution >= 4 is 11.8 Å². The molecular weight excluding hydrogens is 373 g/mol. The van der Waals surface area contributed by atoms with Gasteiger partial charge >= 0.3 is 0 Å². The number of amides is 2. The first-order valence-corrected chi connectivity index (χ1v) is 10.7. The van der Waals surface area contributed by atoms with Gasteiger partial charge < -0.3 is 15.0 Å². The van der Waals surface area contributed by atoms with Crippen LogP contribution in [0.3, 0.4) is 0 Å². The Hall–Kier alpha value is -1.99. The molecule has 1 heterocycles. The molecule has 1 aromatic rings. The summed E-state index contributed by atoms with van der Waals surface area (Å²) in [5.41, 5.74) is 0.377. The molecule has 1 N–H and O–H groups in total. The van der Waals surface area contributed by atoms with Crippen LogP contribution in [-0.2, 0) is 9.53 Å². The van der Waals surface area contributed by atoms with Crippen LogP contribution in [0.1, 0.15) is 42.5 Å². The van der Waals surface area contributed by atoms with Crippen molar-refractivity contribution in [3.05, 3.63) is 35.6 Å². The fourth-order valence-corrected chi connectivity index (χ4v) is 4.49. The molecule has 1 atom stereocenters. The van der Waals surface area contributed by atoms with Gasteiger partial charge in [-0.05, 0) is 43.4 Å². The van der Waals surface area contributed by atoms with E-state index in [4.69, 9.17) is 4.74 Å². The van der Waals surface area contributed by atoms with E-state index >= 15 is 0 Å². The van der Waals surface area contributed by atoms with Crippen LogP contribution in [0.4, 0.5) is 4.39 Å². The van der Waals surface area contributed by atoms with Crippen molar-refractivity contribution in [2.45, 2.75) is 38.1 Å². The molecule has 1 saturated carbocycles. The lowest BCUT2D eigenvalue weighted by Gasteiger charge is -2.40. The van der Waals surface area contributed by atoms with Gasteiger partial charge in [0.05, 0.1) is 6.04 Å². The number of benzene rings is 1. The number of rotatable bonds is 8. The van der Waals surface area contributed by atoms with E-state index < -0.39 is 5.82 Å². The van der Waals surface area contributed by atoms with Gasteiger partial charge in [0.2, 0.25) is 5.91 Å². The van der Waals surface area contributed by atoms with Gasteiger partial charge in [0, 0.05) is 52.0 Å². The number of nitrogens with one attached hydrogen (secondary N) is 1. The van der Waals surface area contributed by atoms with Gasteiger partial charge in [-0.1, -0.05) is 18.9 Å². The molecular formula is C22H32FN3O3. The van der Waals surface area contributed by atoms with Crippen LogP contribution in [0.25, 0.3) is 0 Å². The Morgan fingerprint density at radius 1 is 1.21 bits per heavy atom. The second-order valence-corrected chi connectivity index (χ2v) is 7.97. The maximum atomic E-state index is 13.4. The van der Waals surface area contributed by atoms with Crippen molar-refractivity contribution in [2.24, 2.45) is 5.92 Å². The van der Waals surface area contributed by atoms with Gasteiger partial charge in [0.15, 0.2) is 0 Å². The van der Waals surface area contributed by atoms with Crippen LogP contribution < -0.4 is 5.32 Å². The number of carbonyl (C=O) groups is 2. The number of hydrogen-bond acceptors (Lipinski definition) is 4. The molecule has 2 amide bonds. The summed E-state index contributed by atoms with van der Waals surface area (Å²) in [7, 11) is 1.66. The van der Waals surface area contributed by atoms with Crippen molar-refractivity contribution < 1.29 is 18.7 Å². The predicted molar refractivity (Wildman–Crippen MR) is 109 cm³/mol. The van der Waals surface area contributed by atoms with E-state index in [1.807, 2.05) is 0 Å². The molecule has 0 spiro atoms. The molecule has 160 valence electrons. The summed E-state index contributed by atoms with van der Waals surface area (Å²) in [4.78, 5) is 29.6. The van der Waals surface area contributed by atoms with Crippen LogP contribution in [-0.4, -0.2) is 74.1 Å². The van der Waals surface area contributed by atoms with Gasteiger partial charge in [-0.2, -0.15) is 0 Å². The molecule has 3 rings (SSSR count). The molecule has 1 aliphatic carbocycles. The van der Waals surface area contributed by atoms with Crippen molar-refractivity contribution in [1.82, 2.24) is 15.1 Å². The maximum absolute atomic E-state index is 13.4. The Labute approximate surface area is 172 Å². The van der Waals surface area contributed by atoms with Crippen LogP contribution in [0.5, 0.6) is 0 Å². The van der Waals surface area contributed by atoms with E-state index in [1.54, 1.807) is 24.1 Å². The molecule has 0 unspecified atom stereocenters. The molecule has 1 aromatic carbocycles. The summed E-state index contributed by atoms with van der Waals surface area (Å²) < 4.78 is 18.5. The monoisotopic (exact) mass is 405 g/mol. The molecule has 2 fully saturated rings. The third-order valence-corrected chi connectivity index (χ3v) is 6.01. The number of piperazine rings is 1. The normalized spacial score (nSPS) is 19.3. The summed E-state index contributed by atoms with van der Waals surface area (Å²) in [6.45, 7) is 3.68. The molecule has 0 radical (unpaired) electrons. The second-order valence-electron chi connectivity index (χ2n) is 7.97. The quantitative estimate of drug-likeness (QED) is 0.674. The lowest BCUT2D eigenvalue weighted by Crippen LogP contribution is -2.58. The third-order valence-electron chi connectivity index (χ3n) is 6.01. The Kier molecular flexibility index (Phi) is 8.00. The Bertz CT molecular complexity index is 686. The van der Waals surface area contributed by atoms with Crippen molar-refractivity contribution in [3.8, 4) is 0 Å². The SMILES string of the molecule is COCCCNC(=O)[C@@H](C1CCCC1)N1CCN(C(=O)c2cccc(F)c2)CC1. The highest BCUT2D eigenvalue weighted by Crippen LogP contribution is 2.31. The fourth-order valence-electron chi connectivity index (χ4n) is 4.49. The first kappa shape index (κ1) is 21.7. The summed E-state index contributed by atoms with van der Waals surface area (Å²) in [5.74, 6) is -0.0766. The highest BCUT2D eigenvalue weighted by atomic mass is 19.1. The van der Waals surface area contributed by atoms with E-state index in [1.165, 1.54) is 25.0 Å². The van der Waals surface area contributed by atoms with Gasteiger partial charge in [0.25, 0.3) is 5.91 Å². The number of nitrogens with zero attached hydrogens (tertiary/aromatic N) is 2. The van der Waals surface area contributed by atoms with E-state index in [9.17, 15) is 14.0 Å². The molecule has 2 aliphatic rings. The first-order valence-electron chi connectivity index (χ1n) is 10.7. The summed E-state index contributed by atoms with van der Waals surface area (Å²) in [5, 5.41) is 3.07. The Morgan fingerprint density at radius 2 is 1.93 bits per heavy atom. The number of carbonyl (C=O) groups excluding carboxylic acids is 2. The Morgan fingerprint density at radius 3 is 2.59 bits per heavy atom. The molecule has 7 heteroatoms. The van der Waals surface area contributed by atoms with E-state index in [0.29, 0.717) is 50.8 Å². The third kappa shape index (κ3) is 5.76. The van der Waals surface area contributed by atoms with E-state index in [0.717, 1.165) is 19.3 Å². The van der Waals surface area contributed by atoms with Crippen molar-refractivity contribution in [3.63, 3.8) is 0 Å². The van der Waals surface area contributed by atoms with Crippen LogP contribution in [0.2, 0.25) is 0 Å². The predicted octanol–water partition coefficient (Wildman–Crippen LogP) is 2.30. The molecule has 1 saturated heterocycles. The van der Waals surface area contributed by atoms with Crippen LogP contribution in [0, 0.1) is 11.7 Å². The summed E-state index contributed by atoms with van der Waals surface area (Å²) in [6, 6.07) is 5.69. The lowest BCUT2D eigenvalue weighted by atomic mass is 9.95. The second kappa shape index (κ2) is 10.7. The maximum Gasteiger partial charge on any atom is 0.254 e. The largest absolute Gasteiger partial charge is 0.385 e. The van der Waals surface area contributed by atoms with E-state index in [2.05, 4.69) is 10.2 Å². The number of ether oxygens (including phenoxy) is 1. The topological polar surface area (TPSA) is 61.9 Å². The number of halogens is 1. The minimum atomic E-state index is -0.402. The number of methoxy groups -OCH3 is 1. The zero-order valence-corrected chi connectivity index (χ0v) is 17.2. The molecule has 0 bridgehead atoms. The van der Waals surface area contributed by atoms with Crippen molar-refractivity contribution in [2.75, 3.05) is 46.4 Å². The average Bonchev–Trinajstić information content (AvgIpc) is 3.26. The zero-order valence-electron chi connectivity index (χ0n) is 17.2. The average molecular weight is 406 g/mol. The van der Waals surface area contributed by atoms with Crippen LogP contribution in [0.15, 0.2) is 24.3 Å². The van der Waals surface area contributed by atoms with Gasteiger partial charge in [-0.25, -0.2) is 4.39 Å². The van der Waals surface area contributed by atoms with Crippen LogP contribution >= 0.6 is 0 Å². The number of hydrogen-bond donors (Lipinski definition) is 1. The van der Waals surface area contributed by atoms with Crippen molar-refractivity contribution in [1.29, 1.82) is 0 Å². The first-order chi connectivity index (χ1) is 14.1. The standard InChI is InChI=1S/C22H32FN3O3/c1-29-15-5-10-24-21(27)20(17-6-2-3-7-17)25-11-13-26(14-12-25)22(28)18-8-4-9-19(23)16-18/h4,8-9,16-17,20H,2-3,5-7,10-15H2,1H3,(H,24,27)/t20-/m1/s1. The summed E-state index contributed by atoms with van der Waals surface area (Å²) >= 11 is 0. The smallest absolute Gasteiger partial charge is 0.254 e. The zero-order chi connectivity index (χ0) is 20.6. The molecule has 29 heavy (non-hydrogen) atoms. The lowest BCUT2D eigenvalue weighted by molar-refractivity contribution is -0.129. The molecule has 1 aliphatic heterocycles. The van der Waals surface area contributed by atoms with Gasteiger partial charge in [-0.3, -0.25) is 14.5 Å². The molecule has 0 aromatic heterocycles. The molecule has 6 nitrogen and oxygen atoms in total. The highest BCUT2D eigenvalue weighted by Gasteiger charge is 2.37. The minimum Gasteiger partial charge on any atom is -0.385 e. The minimum absolute atomic E-state index is 0.0953. The highest BCUT2D eigenvalue weighted by molar-refractivity contribution is 5.94. The summed E-state index contributed by atoms with van der Waals surface area (Å²) in [6.07, 6.45) is 5.32. The Balaban J connectivity index is 1.59.